The number of anilines is 2. The average Bonchev–Trinajstić information content (AvgIpc) is 3.10. The summed E-state index contributed by atoms with van der Waals surface area (Å²) in [4.78, 5) is 38.0. The van der Waals surface area contributed by atoms with Gasteiger partial charge in [0.2, 0.25) is 5.91 Å². The van der Waals surface area contributed by atoms with Crippen LogP contribution in [0.1, 0.15) is 42.8 Å². The summed E-state index contributed by atoms with van der Waals surface area (Å²) < 4.78 is 9.85. The molecule has 0 bridgehead atoms. The van der Waals surface area contributed by atoms with Gasteiger partial charge in [0.1, 0.15) is 12.3 Å². The molecule has 9 heteroatoms. The minimum atomic E-state index is -0.422. The number of unbranched alkanes of at least 4 members (excludes halogenated alkanes) is 1. The number of nitrogens with one attached hydrogen (secondary N) is 2. The van der Waals surface area contributed by atoms with Gasteiger partial charge in [-0.2, -0.15) is 0 Å². The minimum absolute atomic E-state index is 0.126. The van der Waals surface area contributed by atoms with Crippen molar-refractivity contribution in [2.45, 2.75) is 33.6 Å². The van der Waals surface area contributed by atoms with Crippen LogP contribution in [0, 0.1) is 6.92 Å². The van der Waals surface area contributed by atoms with Crippen LogP contribution in [-0.2, 0) is 9.53 Å². The second-order valence-electron chi connectivity index (χ2n) is 6.37. The predicted molar refractivity (Wildman–Crippen MR) is 108 cm³/mol. The molecule has 156 valence electrons. The summed E-state index contributed by atoms with van der Waals surface area (Å²) in [6.07, 6.45) is 1.63. The van der Waals surface area contributed by atoms with Crippen LogP contribution in [0.5, 0.6) is 0 Å². The molecule has 2 N–H and O–H groups in total. The van der Waals surface area contributed by atoms with Gasteiger partial charge in [0.25, 0.3) is 0 Å². The number of amides is 3. The maximum atomic E-state index is 12.6. The summed E-state index contributed by atoms with van der Waals surface area (Å²) in [6, 6.07) is 7.56. The highest BCUT2D eigenvalue weighted by molar-refractivity contribution is 5.97. The Morgan fingerprint density at radius 3 is 2.45 bits per heavy atom. The number of carbonyl (C=O) groups is 3. The molecule has 1 aromatic heterocycles. The molecule has 0 fully saturated rings. The minimum Gasteiger partial charge on any atom is -0.462 e. The van der Waals surface area contributed by atoms with Gasteiger partial charge in [0.05, 0.1) is 12.2 Å². The number of aromatic nitrogens is 1. The first-order valence-corrected chi connectivity index (χ1v) is 9.49. The lowest BCUT2D eigenvalue weighted by molar-refractivity contribution is -0.116. The summed E-state index contributed by atoms with van der Waals surface area (Å²) in [5.74, 6) is 0.0852. The van der Waals surface area contributed by atoms with Gasteiger partial charge in [-0.3, -0.25) is 4.79 Å². The monoisotopic (exact) mass is 402 g/mol. The SMILES string of the molecule is CCCCN(CC(=O)Nc1cc(C)on1)C(=O)Nc1ccc(C(=O)OCC)cc1. The smallest absolute Gasteiger partial charge is 0.338 e. The van der Waals surface area contributed by atoms with Gasteiger partial charge in [-0.25, -0.2) is 9.59 Å². The quantitative estimate of drug-likeness (QED) is 0.621. The maximum absolute atomic E-state index is 12.6. The van der Waals surface area contributed by atoms with Crippen molar-refractivity contribution < 1.29 is 23.6 Å². The van der Waals surface area contributed by atoms with Crippen LogP contribution in [0.15, 0.2) is 34.9 Å². The summed E-state index contributed by atoms with van der Waals surface area (Å²) >= 11 is 0. The highest BCUT2D eigenvalue weighted by Crippen LogP contribution is 2.12. The Morgan fingerprint density at radius 2 is 1.86 bits per heavy atom. The van der Waals surface area contributed by atoms with Crippen molar-refractivity contribution in [1.29, 1.82) is 0 Å². The highest BCUT2D eigenvalue weighted by atomic mass is 16.5. The molecular weight excluding hydrogens is 376 g/mol. The number of hydrogen-bond donors (Lipinski definition) is 2. The van der Waals surface area contributed by atoms with E-state index in [9.17, 15) is 14.4 Å². The Bertz CT molecular complexity index is 832. The van der Waals surface area contributed by atoms with E-state index in [2.05, 4.69) is 15.8 Å². The summed E-state index contributed by atoms with van der Waals surface area (Å²) in [6.45, 7) is 6.05. The van der Waals surface area contributed by atoms with Crippen molar-refractivity contribution in [3.05, 3.63) is 41.7 Å². The summed E-state index contributed by atoms with van der Waals surface area (Å²) in [7, 11) is 0. The molecule has 3 amide bonds. The molecule has 2 rings (SSSR count). The van der Waals surface area contributed by atoms with Gasteiger partial charge in [-0.15, -0.1) is 0 Å². The van der Waals surface area contributed by atoms with Crippen molar-refractivity contribution in [3.8, 4) is 0 Å². The second-order valence-corrected chi connectivity index (χ2v) is 6.37. The number of hydrogen-bond acceptors (Lipinski definition) is 6. The summed E-state index contributed by atoms with van der Waals surface area (Å²) in [5.41, 5.74) is 0.909. The number of nitrogens with zero attached hydrogens (tertiary/aromatic N) is 2. The molecule has 0 saturated carbocycles. The van der Waals surface area contributed by atoms with Crippen molar-refractivity contribution in [1.82, 2.24) is 10.1 Å². The zero-order chi connectivity index (χ0) is 21.2. The normalized spacial score (nSPS) is 10.3. The molecular formula is C20H26N4O5. The molecule has 0 aliphatic heterocycles. The third kappa shape index (κ3) is 6.95. The van der Waals surface area contributed by atoms with Gasteiger partial charge in [0, 0.05) is 18.3 Å². The largest absolute Gasteiger partial charge is 0.462 e. The van der Waals surface area contributed by atoms with E-state index in [1.807, 2.05) is 6.92 Å². The van der Waals surface area contributed by atoms with E-state index in [0.717, 1.165) is 12.8 Å². The number of urea groups is 1. The van der Waals surface area contributed by atoms with Crippen LogP contribution >= 0.6 is 0 Å². The van der Waals surface area contributed by atoms with E-state index in [-0.39, 0.29) is 12.5 Å². The van der Waals surface area contributed by atoms with E-state index in [0.29, 0.717) is 36.0 Å². The van der Waals surface area contributed by atoms with Crippen LogP contribution in [0.2, 0.25) is 0 Å². The number of aryl methyl sites for hydroxylation is 1. The molecule has 0 aliphatic rings. The Morgan fingerprint density at radius 1 is 1.14 bits per heavy atom. The maximum Gasteiger partial charge on any atom is 0.338 e. The van der Waals surface area contributed by atoms with Gasteiger partial charge in [-0.05, 0) is 44.5 Å². The number of carbonyl (C=O) groups excluding carboxylic acids is 3. The van der Waals surface area contributed by atoms with Crippen LogP contribution in [0.25, 0.3) is 0 Å². The van der Waals surface area contributed by atoms with E-state index < -0.39 is 12.0 Å². The third-order valence-electron chi connectivity index (χ3n) is 3.95. The van der Waals surface area contributed by atoms with E-state index in [1.165, 1.54) is 4.90 Å². The van der Waals surface area contributed by atoms with Gasteiger partial charge >= 0.3 is 12.0 Å². The van der Waals surface area contributed by atoms with E-state index >= 15 is 0 Å². The van der Waals surface area contributed by atoms with Crippen molar-refractivity contribution in [3.63, 3.8) is 0 Å². The Labute approximate surface area is 169 Å². The van der Waals surface area contributed by atoms with Gasteiger partial charge < -0.3 is 24.8 Å². The van der Waals surface area contributed by atoms with Crippen molar-refractivity contribution >= 4 is 29.4 Å². The van der Waals surface area contributed by atoms with Crippen molar-refractivity contribution in [2.75, 3.05) is 30.3 Å². The third-order valence-corrected chi connectivity index (χ3v) is 3.95. The van der Waals surface area contributed by atoms with Crippen LogP contribution in [-0.4, -0.2) is 47.7 Å². The topological polar surface area (TPSA) is 114 Å². The molecule has 1 heterocycles. The summed E-state index contributed by atoms with van der Waals surface area (Å²) in [5, 5.41) is 9.06. The fraction of sp³-hybridized carbons (Fsp3) is 0.400. The number of benzene rings is 1. The lowest BCUT2D eigenvalue weighted by atomic mass is 10.2. The fourth-order valence-corrected chi connectivity index (χ4v) is 2.49. The van der Waals surface area contributed by atoms with E-state index in [4.69, 9.17) is 9.26 Å². The second kappa shape index (κ2) is 10.8. The molecule has 0 atom stereocenters. The van der Waals surface area contributed by atoms with Crippen molar-refractivity contribution in [2.24, 2.45) is 0 Å². The fourth-order valence-electron chi connectivity index (χ4n) is 2.49. The number of ether oxygens (including phenoxy) is 1. The Hall–Kier alpha value is -3.36. The number of rotatable bonds is 9. The number of esters is 1. The van der Waals surface area contributed by atoms with Crippen LogP contribution in [0.3, 0.4) is 0 Å². The van der Waals surface area contributed by atoms with E-state index in [1.54, 1.807) is 44.2 Å². The lowest BCUT2D eigenvalue weighted by Gasteiger charge is -2.22. The van der Waals surface area contributed by atoms with Crippen LogP contribution in [0.4, 0.5) is 16.3 Å². The Balaban J connectivity index is 1.98. The first-order valence-electron chi connectivity index (χ1n) is 9.49. The average molecular weight is 402 g/mol. The Kier molecular flexibility index (Phi) is 8.20. The zero-order valence-corrected chi connectivity index (χ0v) is 16.9. The highest BCUT2D eigenvalue weighted by Gasteiger charge is 2.18. The molecule has 29 heavy (non-hydrogen) atoms. The lowest BCUT2D eigenvalue weighted by Crippen LogP contribution is -2.41. The molecule has 0 spiro atoms. The predicted octanol–water partition coefficient (Wildman–Crippen LogP) is 3.43. The molecule has 0 radical (unpaired) electrons. The first-order chi connectivity index (χ1) is 13.9. The standard InChI is InChI=1S/C20H26N4O5/c1-4-6-11-24(13-18(25)22-17-12-14(3)29-23-17)20(27)21-16-9-7-15(8-10-16)19(26)28-5-2/h7-10,12H,4-6,11,13H2,1-3H3,(H,21,27)(H,22,23,25). The molecule has 2 aromatic rings. The van der Waals surface area contributed by atoms with Gasteiger partial charge in [-0.1, -0.05) is 18.5 Å². The molecule has 1 aromatic carbocycles. The zero-order valence-electron chi connectivity index (χ0n) is 16.9. The molecule has 0 saturated heterocycles. The van der Waals surface area contributed by atoms with Gasteiger partial charge in [0.15, 0.2) is 5.82 Å². The molecule has 9 nitrogen and oxygen atoms in total. The first kappa shape index (κ1) is 21.9. The van der Waals surface area contributed by atoms with Crippen LogP contribution < -0.4 is 10.6 Å². The molecule has 0 unspecified atom stereocenters. The molecule has 0 aliphatic carbocycles.